The second-order valence-electron chi connectivity index (χ2n) is 3.15. The molecule has 2 N–H and O–H groups in total. The van der Waals surface area contributed by atoms with Gasteiger partial charge in [-0.3, -0.25) is 0 Å². The molecule has 0 saturated carbocycles. The third kappa shape index (κ3) is 1.80. The predicted octanol–water partition coefficient (Wildman–Crippen LogP) is 3.02. The van der Waals surface area contributed by atoms with E-state index in [1.807, 2.05) is 0 Å². The number of rotatable bonds is 1. The van der Waals surface area contributed by atoms with E-state index < -0.39 is 0 Å². The van der Waals surface area contributed by atoms with Gasteiger partial charge in [-0.2, -0.15) is 4.98 Å². The van der Waals surface area contributed by atoms with Crippen LogP contribution in [0.2, 0.25) is 5.02 Å². The first-order chi connectivity index (χ1) is 7.08. The van der Waals surface area contributed by atoms with Crippen LogP contribution in [0.1, 0.15) is 5.56 Å². The molecule has 0 atom stereocenters. The fraction of sp³-hybridized carbons (Fsp3) is 0.100. The van der Waals surface area contributed by atoms with Crippen molar-refractivity contribution in [3.8, 4) is 11.3 Å². The summed E-state index contributed by atoms with van der Waals surface area (Å²) >= 11 is 5.96. The minimum absolute atomic E-state index is 0.0297. The van der Waals surface area contributed by atoms with Gasteiger partial charge in [0.15, 0.2) is 0 Å². The fourth-order valence-corrected chi connectivity index (χ4v) is 1.57. The van der Waals surface area contributed by atoms with Crippen LogP contribution >= 0.6 is 11.6 Å². The van der Waals surface area contributed by atoms with Crippen molar-refractivity contribution in [1.29, 1.82) is 0 Å². The van der Waals surface area contributed by atoms with E-state index in [1.54, 1.807) is 6.92 Å². The SMILES string of the molecule is Cc1cc(Cl)c(-c2coc(N)n2)cc1F. The highest BCUT2D eigenvalue weighted by Gasteiger charge is 2.11. The van der Waals surface area contributed by atoms with Gasteiger partial charge in [0.2, 0.25) is 0 Å². The molecule has 0 radical (unpaired) electrons. The van der Waals surface area contributed by atoms with Crippen molar-refractivity contribution in [2.75, 3.05) is 5.73 Å². The minimum atomic E-state index is -0.337. The summed E-state index contributed by atoms with van der Waals surface area (Å²) in [6.07, 6.45) is 1.34. The van der Waals surface area contributed by atoms with Crippen LogP contribution in [0.15, 0.2) is 22.8 Å². The zero-order chi connectivity index (χ0) is 11.0. The maximum absolute atomic E-state index is 13.3. The molecule has 0 fully saturated rings. The molecule has 15 heavy (non-hydrogen) atoms. The summed E-state index contributed by atoms with van der Waals surface area (Å²) in [6.45, 7) is 1.64. The summed E-state index contributed by atoms with van der Waals surface area (Å²) in [6, 6.07) is 2.88. The maximum Gasteiger partial charge on any atom is 0.292 e. The zero-order valence-corrected chi connectivity index (χ0v) is 8.68. The van der Waals surface area contributed by atoms with Gasteiger partial charge in [0.1, 0.15) is 17.8 Å². The Kier molecular flexibility index (Phi) is 2.36. The van der Waals surface area contributed by atoms with Crippen LogP contribution in [0.3, 0.4) is 0 Å². The fourth-order valence-electron chi connectivity index (χ4n) is 1.25. The average molecular weight is 227 g/mol. The van der Waals surface area contributed by atoms with Crippen molar-refractivity contribution >= 4 is 17.6 Å². The largest absolute Gasteiger partial charge is 0.432 e. The van der Waals surface area contributed by atoms with Gasteiger partial charge in [-0.1, -0.05) is 11.6 Å². The van der Waals surface area contributed by atoms with Crippen molar-refractivity contribution in [3.05, 3.63) is 34.8 Å². The lowest BCUT2D eigenvalue weighted by molar-refractivity contribution is 0.581. The molecule has 1 heterocycles. The van der Waals surface area contributed by atoms with Gasteiger partial charge in [-0.15, -0.1) is 0 Å². The van der Waals surface area contributed by atoms with E-state index in [2.05, 4.69) is 4.98 Å². The number of anilines is 1. The van der Waals surface area contributed by atoms with E-state index in [0.717, 1.165) is 0 Å². The highest BCUT2D eigenvalue weighted by molar-refractivity contribution is 6.33. The lowest BCUT2D eigenvalue weighted by atomic mass is 10.1. The van der Waals surface area contributed by atoms with Crippen LogP contribution in [0.25, 0.3) is 11.3 Å². The Morgan fingerprint density at radius 2 is 2.20 bits per heavy atom. The van der Waals surface area contributed by atoms with E-state index in [9.17, 15) is 4.39 Å². The Morgan fingerprint density at radius 1 is 1.47 bits per heavy atom. The summed E-state index contributed by atoms with van der Waals surface area (Å²) in [5.41, 5.74) is 6.71. The van der Waals surface area contributed by atoms with E-state index in [4.69, 9.17) is 21.8 Å². The van der Waals surface area contributed by atoms with Crippen LogP contribution < -0.4 is 5.73 Å². The molecule has 0 bridgehead atoms. The molecular formula is C10H8ClFN2O. The van der Waals surface area contributed by atoms with Crippen LogP contribution in [0.5, 0.6) is 0 Å². The first-order valence-corrected chi connectivity index (χ1v) is 4.63. The van der Waals surface area contributed by atoms with Gasteiger partial charge in [-0.05, 0) is 24.6 Å². The van der Waals surface area contributed by atoms with E-state index >= 15 is 0 Å². The van der Waals surface area contributed by atoms with Crippen LogP contribution in [-0.4, -0.2) is 4.98 Å². The average Bonchev–Trinajstić information content (AvgIpc) is 2.58. The molecule has 0 aliphatic rings. The quantitative estimate of drug-likeness (QED) is 0.813. The highest BCUT2D eigenvalue weighted by atomic mass is 35.5. The molecule has 5 heteroatoms. The van der Waals surface area contributed by atoms with Crippen molar-refractivity contribution in [2.24, 2.45) is 0 Å². The van der Waals surface area contributed by atoms with Crippen LogP contribution in [0, 0.1) is 12.7 Å². The summed E-state index contributed by atoms with van der Waals surface area (Å²) in [5, 5.41) is 0.419. The Balaban J connectivity index is 2.58. The Hall–Kier alpha value is -1.55. The molecule has 78 valence electrons. The number of aryl methyl sites for hydroxylation is 1. The molecule has 1 aromatic carbocycles. The van der Waals surface area contributed by atoms with Gasteiger partial charge in [0.25, 0.3) is 6.01 Å². The van der Waals surface area contributed by atoms with Crippen molar-refractivity contribution in [3.63, 3.8) is 0 Å². The first kappa shape index (κ1) is 9.98. The van der Waals surface area contributed by atoms with E-state index in [-0.39, 0.29) is 11.8 Å². The van der Waals surface area contributed by atoms with Crippen LogP contribution in [-0.2, 0) is 0 Å². The number of nitrogen functional groups attached to an aromatic ring is 1. The molecule has 0 aliphatic heterocycles. The van der Waals surface area contributed by atoms with Gasteiger partial charge >= 0.3 is 0 Å². The number of nitrogens with two attached hydrogens (primary N) is 1. The lowest BCUT2D eigenvalue weighted by Crippen LogP contribution is -1.88. The molecule has 2 aromatic rings. The molecule has 0 amide bonds. The summed E-state index contributed by atoms with van der Waals surface area (Å²) in [7, 11) is 0. The number of benzene rings is 1. The highest BCUT2D eigenvalue weighted by Crippen LogP contribution is 2.29. The smallest absolute Gasteiger partial charge is 0.292 e. The van der Waals surface area contributed by atoms with Gasteiger partial charge in [0.05, 0.1) is 5.02 Å². The zero-order valence-electron chi connectivity index (χ0n) is 7.92. The number of hydrogen-bond acceptors (Lipinski definition) is 3. The Bertz CT molecular complexity index is 510. The van der Waals surface area contributed by atoms with Crippen molar-refractivity contribution < 1.29 is 8.81 Å². The second-order valence-corrected chi connectivity index (χ2v) is 3.56. The molecule has 0 aliphatic carbocycles. The Labute approximate surface area is 90.7 Å². The first-order valence-electron chi connectivity index (χ1n) is 4.25. The van der Waals surface area contributed by atoms with E-state index in [1.165, 1.54) is 18.4 Å². The van der Waals surface area contributed by atoms with Crippen molar-refractivity contribution in [1.82, 2.24) is 4.98 Å². The predicted molar refractivity (Wildman–Crippen MR) is 56.1 cm³/mol. The standard InChI is InChI=1S/C10H8ClFN2O/c1-5-2-7(11)6(3-8(5)12)9-4-15-10(13)14-9/h2-4H,1H3,(H2,13,14). The minimum Gasteiger partial charge on any atom is -0.432 e. The van der Waals surface area contributed by atoms with Gasteiger partial charge in [-0.25, -0.2) is 4.39 Å². The van der Waals surface area contributed by atoms with Gasteiger partial charge < -0.3 is 10.2 Å². The van der Waals surface area contributed by atoms with E-state index in [0.29, 0.717) is 21.8 Å². The Morgan fingerprint density at radius 3 is 2.80 bits per heavy atom. The molecule has 3 nitrogen and oxygen atoms in total. The normalized spacial score (nSPS) is 10.6. The van der Waals surface area contributed by atoms with Crippen molar-refractivity contribution in [2.45, 2.75) is 6.92 Å². The second kappa shape index (κ2) is 3.55. The van der Waals surface area contributed by atoms with Crippen LogP contribution in [0.4, 0.5) is 10.4 Å². The molecule has 0 saturated heterocycles. The van der Waals surface area contributed by atoms with Gasteiger partial charge in [0, 0.05) is 5.56 Å². The molecule has 2 rings (SSSR count). The summed E-state index contributed by atoms with van der Waals surface area (Å²) in [4.78, 5) is 3.87. The molecule has 1 aromatic heterocycles. The third-order valence-corrected chi connectivity index (χ3v) is 2.36. The number of aromatic nitrogens is 1. The monoisotopic (exact) mass is 226 g/mol. The molecule has 0 unspecified atom stereocenters. The summed E-state index contributed by atoms with van der Waals surface area (Å²) in [5.74, 6) is -0.337. The number of nitrogens with zero attached hydrogens (tertiary/aromatic N) is 1. The topological polar surface area (TPSA) is 52.0 Å². The number of halogens is 2. The summed E-state index contributed by atoms with van der Waals surface area (Å²) < 4.78 is 18.1. The molecular weight excluding hydrogens is 219 g/mol. The third-order valence-electron chi connectivity index (χ3n) is 2.05. The number of oxazole rings is 1. The molecule has 0 spiro atoms. The maximum atomic E-state index is 13.3. The lowest BCUT2D eigenvalue weighted by Gasteiger charge is -2.02. The number of hydrogen-bond donors (Lipinski definition) is 1.